The van der Waals surface area contributed by atoms with Crippen LogP contribution in [0.1, 0.15) is 30.5 Å². The van der Waals surface area contributed by atoms with Crippen molar-refractivity contribution >= 4 is 29.2 Å². The van der Waals surface area contributed by atoms with E-state index in [-0.39, 0.29) is 5.56 Å². The number of halogens is 1. The SMILES string of the molecule is CC.N=C(O/C(N)=N/C1N=C(c2ccccc2)c2ccccc2NC1=O)c1ccccc1F. The van der Waals surface area contributed by atoms with Gasteiger partial charge in [0.05, 0.1) is 17.0 Å². The van der Waals surface area contributed by atoms with Crippen LogP contribution in [0.2, 0.25) is 0 Å². The van der Waals surface area contributed by atoms with Crippen LogP contribution in [0.4, 0.5) is 10.1 Å². The number of benzene rings is 3. The average molecular weight is 445 g/mol. The molecule has 4 rings (SSSR count). The van der Waals surface area contributed by atoms with E-state index in [1.165, 1.54) is 18.2 Å². The quantitative estimate of drug-likeness (QED) is 0.412. The predicted octanol–water partition coefficient (Wildman–Crippen LogP) is 4.32. The first kappa shape index (κ1) is 23.3. The van der Waals surface area contributed by atoms with Crippen molar-refractivity contribution in [1.82, 2.24) is 0 Å². The number of aliphatic imine (C=N–C) groups is 2. The molecular weight excluding hydrogens is 421 g/mol. The smallest absolute Gasteiger partial charge is 0.291 e. The first-order valence-corrected chi connectivity index (χ1v) is 10.4. The lowest BCUT2D eigenvalue weighted by atomic mass is 10.0. The fraction of sp³-hybridized carbons (Fsp3) is 0.120. The molecule has 1 atom stereocenters. The number of nitrogens with zero attached hydrogens (tertiary/aromatic N) is 2. The molecular formula is C25H24FN5O2. The first-order valence-electron chi connectivity index (χ1n) is 10.4. The van der Waals surface area contributed by atoms with E-state index in [4.69, 9.17) is 15.9 Å². The summed E-state index contributed by atoms with van der Waals surface area (Å²) < 4.78 is 19.0. The lowest BCUT2D eigenvalue weighted by Crippen LogP contribution is -2.29. The Morgan fingerprint density at radius 1 is 1.03 bits per heavy atom. The maximum absolute atomic E-state index is 13.9. The molecule has 0 bridgehead atoms. The van der Waals surface area contributed by atoms with Gasteiger partial charge in [-0.25, -0.2) is 9.38 Å². The largest absolute Gasteiger partial charge is 0.407 e. The number of amides is 1. The van der Waals surface area contributed by atoms with Crippen LogP contribution < -0.4 is 11.1 Å². The van der Waals surface area contributed by atoms with E-state index in [1.807, 2.05) is 56.3 Å². The third-order valence-electron chi connectivity index (χ3n) is 4.55. The summed E-state index contributed by atoms with van der Waals surface area (Å²) in [5, 5.41) is 10.7. The van der Waals surface area contributed by atoms with Gasteiger partial charge in [-0.05, 0) is 18.2 Å². The summed E-state index contributed by atoms with van der Waals surface area (Å²) >= 11 is 0. The van der Waals surface area contributed by atoms with Gasteiger partial charge in [-0.15, -0.1) is 0 Å². The van der Waals surface area contributed by atoms with Crippen LogP contribution in [0.25, 0.3) is 0 Å². The summed E-state index contributed by atoms with van der Waals surface area (Å²) in [6, 6.07) is 21.8. The normalized spacial score (nSPS) is 15.1. The van der Waals surface area contributed by atoms with Gasteiger partial charge in [0.25, 0.3) is 11.9 Å². The third kappa shape index (κ3) is 5.48. The zero-order valence-electron chi connectivity index (χ0n) is 18.2. The Kier molecular flexibility index (Phi) is 7.64. The Labute approximate surface area is 191 Å². The number of hydrogen-bond donors (Lipinski definition) is 3. The highest BCUT2D eigenvalue weighted by Crippen LogP contribution is 2.24. The summed E-state index contributed by atoms with van der Waals surface area (Å²) in [5.74, 6) is -1.67. The van der Waals surface area contributed by atoms with Crippen LogP contribution in [0.3, 0.4) is 0 Å². The fourth-order valence-corrected chi connectivity index (χ4v) is 3.11. The molecule has 4 N–H and O–H groups in total. The summed E-state index contributed by atoms with van der Waals surface area (Å²) in [6.07, 6.45) is -1.25. The topological polar surface area (TPSA) is 113 Å². The number of carbonyl (C=O) groups excluding carboxylic acids is 1. The summed E-state index contributed by atoms with van der Waals surface area (Å²) in [5.41, 5.74) is 8.41. The van der Waals surface area contributed by atoms with Gasteiger partial charge in [-0.3, -0.25) is 10.2 Å². The molecule has 3 aromatic rings. The van der Waals surface area contributed by atoms with Crippen LogP contribution in [-0.4, -0.2) is 29.7 Å². The van der Waals surface area contributed by atoms with Gasteiger partial charge in [0, 0.05) is 11.1 Å². The van der Waals surface area contributed by atoms with E-state index in [9.17, 15) is 9.18 Å². The number of amidine groups is 1. The highest BCUT2D eigenvalue weighted by molar-refractivity contribution is 6.19. The molecule has 0 radical (unpaired) electrons. The van der Waals surface area contributed by atoms with Crippen molar-refractivity contribution in [3.8, 4) is 0 Å². The van der Waals surface area contributed by atoms with Gasteiger partial charge in [0.15, 0.2) is 0 Å². The number of anilines is 1. The number of nitrogens with one attached hydrogen (secondary N) is 2. The van der Waals surface area contributed by atoms with E-state index >= 15 is 0 Å². The van der Waals surface area contributed by atoms with Crippen LogP contribution >= 0.6 is 0 Å². The maximum atomic E-state index is 13.9. The second kappa shape index (κ2) is 10.8. The number of benzodiazepines with no additional fused rings is 1. The Hall–Kier alpha value is -4.33. The van der Waals surface area contributed by atoms with Gasteiger partial charge < -0.3 is 15.8 Å². The van der Waals surface area contributed by atoms with Crippen molar-refractivity contribution in [2.75, 3.05) is 5.32 Å². The van der Waals surface area contributed by atoms with Gasteiger partial charge in [0.2, 0.25) is 12.1 Å². The van der Waals surface area contributed by atoms with Crippen molar-refractivity contribution in [3.05, 3.63) is 101 Å². The molecule has 1 aliphatic rings. The molecule has 1 heterocycles. The van der Waals surface area contributed by atoms with E-state index in [1.54, 1.807) is 18.2 Å². The Bertz CT molecular complexity index is 1210. The number of rotatable bonds is 3. The molecule has 0 saturated carbocycles. The zero-order valence-corrected chi connectivity index (χ0v) is 18.2. The monoisotopic (exact) mass is 445 g/mol. The Morgan fingerprint density at radius 3 is 2.39 bits per heavy atom. The Morgan fingerprint density at radius 2 is 1.67 bits per heavy atom. The summed E-state index contributed by atoms with van der Waals surface area (Å²) in [6.45, 7) is 4.00. The number of hydrogen-bond acceptors (Lipinski definition) is 5. The summed E-state index contributed by atoms with van der Waals surface area (Å²) in [4.78, 5) is 21.3. The summed E-state index contributed by atoms with van der Waals surface area (Å²) in [7, 11) is 0. The van der Waals surface area contributed by atoms with Gasteiger partial charge in [0.1, 0.15) is 5.82 Å². The molecule has 0 aromatic heterocycles. The molecule has 1 unspecified atom stereocenters. The van der Waals surface area contributed by atoms with Crippen molar-refractivity contribution in [2.45, 2.75) is 20.0 Å². The molecule has 33 heavy (non-hydrogen) atoms. The van der Waals surface area contributed by atoms with Gasteiger partial charge in [-0.2, -0.15) is 4.99 Å². The number of fused-ring (bicyclic) bond motifs is 1. The zero-order chi connectivity index (χ0) is 23.8. The van der Waals surface area contributed by atoms with Crippen molar-refractivity contribution in [3.63, 3.8) is 0 Å². The van der Waals surface area contributed by atoms with Crippen molar-refractivity contribution < 1.29 is 13.9 Å². The highest BCUT2D eigenvalue weighted by atomic mass is 19.1. The second-order valence-electron chi connectivity index (χ2n) is 6.63. The van der Waals surface area contributed by atoms with Crippen LogP contribution in [0.5, 0.6) is 0 Å². The lowest BCUT2D eigenvalue weighted by molar-refractivity contribution is -0.117. The molecule has 7 nitrogen and oxygen atoms in total. The lowest BCUT2D eigenvalue weighted by Gasteiger charge is -2.10. The van der Waals surface area contributed by atoms with Gasteiger partial charge in [-0.1, -0.05) is 74.5 Å². The second-order valence-corrected chi connectivity index (χ2v) is 6.63. The van der Waals surface area contributed by atoms with E-state index in [0.29, 0.717) is 11.4 Å². The minimum atomic E-state index is -1.25. The molecule has 168 valence electrons. The van der Waals surface area contributed by atoms with Crippen LogP contribution in [-0.2, 0) is 9.53 Å². The highest BCUT2D eigenvalue weighted by Gasteiger charge is 2.26. The molecule has 3 aromatic carbocycles. The van der Waals surface area contributed by atoms with Crippen molar-refractivity contribution in [2.24, 2.45) is 15.7 Å². The number of ether oxygens (including phenoxy) is 1. The molecule has 0 spiro atoms. The molecule has 0 saturated heterocycles. The fourth-order valence-electron chi connectivity index (χ4n) is 3.11. The number of nitrogens with two attached hydrogens (primary N) is 1. The Balaban J connectivity index is 0.00000149. The minimum absolute atomic E-state index is 0.0770. The van der Waals surface area contributed by atoms with E-state index in [0.717, 1.165) is 11.1 Å². The van der Waals surface area contributed by atoms with Crippen LogP contribution in [0, 0.1) is 11.2 Å². The number of carbonyl (C=O) groups is 1. The predicted molar refractivity (Wildman–Crippen MR) is 128 cm³/mol. The molecule has 0 aliphatic carbocycles. The molecule has 0 fully saturated rings. The number of para-hydroxylation sites is 1. The molecule has 1 amide bonds. The van der Waals surface area contributed by atoms with E-state index < -0.39 is 29.8 Å². The average Bonchev–Trinajstić information content (AvgIpc) is 2.97. The van der Waals surface area contributed by atoms with Gasteiger partial charge >= 0.3 is 0 Å². The maximum Gasteiger partial charge on any atom is 0.291 e. The van der Waals surface area contributed by atoms with Crippen molar-refractivity contribution in [1.29, 1.82) is 5.41 Å². The first-order chi connectivity index (χ1) is 16.0. The minimum Gasteiger partial charge on any atom is -0.407 e. The molecule has 1 aliphatic heterocycles. The standard InChI is InChI=1S/C23H18FN5O2.C2H6/c24-17-12-6-4-10-15(17)20(25)31-23(26)29-21-22(30)27-18-13-7-5-11-16(18)19(28-21)14-8-2-1-3-9-14;1-2/h1-13,21,25H,(H2,26,29)(H,27,30);1-2H3. The third-order valence-corrected chi connectivity index (χ3v) is 4.55. The van der Waals surface area contributed by atoms with E-state index in [2.05, 4.69) is 15.3 Å². The van der Waals surface area contributed by atoms with Crippen LogP contribution in [0.15, 0.2) is 88.8 Å². The molecule has 8 heteroatoms.